The Kier molecular flexibility index (Phi) is 4.46. The summed E-state index contributed by atoms with van der Waals surface area (Å²) >= 11 is 0. The van der Waals surface area contributed by atoms with Crippen molar-refractivity contribution < 1.29 is 40.4 Å². The number of aliphatic hydroxyl groups is 1. The summed E-state index contributed by atoms with van der Waals surface area (Å²) in [5.74, 6) is -1.55. The largest absolute Gasteiger partial charge is 0.534 e. The zero-order valence-corrected chi connectivity index (χ0v) is 10.5. The third kappa shape index (κ3) is 4.10. The van der Waals surface area contributed by atoms with E-state index in [9.17, 15) is 31.5 Å². The van der Waals surface area contributed by atoms with Gasteiger partial charge in [0.25, 0.3) is 0 Å². The molecule has 0 heterocycles. The Morgan fingerprint density at radius 2 is 2.00 bits per heavy atom. The van der Waals surface area contributed by atoms with E-state index in [1.54, 1.807) is 0 Å². The summed E-state index contributed by atoms with van der Waals surface area (Å²) in [5.41, 5.74) is -5.60. The van der Waals surface area contributed by atoms with Crippen LogP contribution in [-0.4, -0.2) is 37.2 Å². The van der Waals surface area contributed by atoms with Crippen molar-refractivity contribution in [1.29, 1.82) is 0 Å². The van der Waals surface area contributed by atoms with Crippen LogP contribution in [0.4, 0.5) is 13.2 Å². The summed E-state index contributed by atoms with van der Waals surface area (Å²) in [5, 5.41) is 9.26. The van der Waals surface area contributed by atoms with Gasteiger partial charge in [-0.25, -0.2) is 0 Å². The maximum absolute atomic E-state index is 12.2. The zero-order valence-electron chi connectivity index (χ0n) is 9.68. The van der Waals surface area contributed by atoms with E-state index in [0.717, 1.165) is 13.0 Å². The molecule has 6 nitrogen and oxygen atoms in total. The molecule has 0 spiro atoms. The number of carbonyl (C=O) groups excluding carboxylic acids is 1. The molecule has 1 N–H and O–H groups in total. The zero-order chi connectivity index (χ0) is 14.8. The number of halogens is 3. The molecule has 19 heavy (non-hydrogen) atoms. The van der Waals surface area contributed by atoms with E-state index < -0.39 is 39.6 Å². The van der Waals surface area contributed by atoms with E-state index in [-0.39, 0.29) is 12.8 Å². The second kappa shape index (κ2) is 5.37. The first-order valence-electron chi connectivity index (χ1n) is 5.10. The van der Waals surface area contributed by atoms with E-state index in [4.69, 9.17) is 0 Å². The predicted molar refractivity (Wildman–Crippen MR) is 54.9 cm³/mol. The molecule has 0 aromatic carbocycles. The molecule has 0 aromatic heterocycles. The van der Waals surface area contributed by atoms with Crippen LogP contribution >= 0.6 is 0 Å². The minimum atomic E-state index is -5.86. The summed E-state index contributed by atoms with van der Waals surface area (Å²) < 4.78 is 66.7. The van der Waals surface area contributed by atoms with Gasteiger partial charge in [0, 0.05) is 6.92 Å². The van der Waals surface area contributed by atoms with Crippen molar-refractivity contribution >= 4 is 16.1 Å². The van der Waals surface area contributed by atoms with Crippen molar-refractivity contribution in [2.24, 2.45) is 0 Å². The molecule has 0 fully saturated rings. The average Bonchev–Trinajstić information content (AvgIpc) is 2.19. The smallest absolute Gasteiger partial charge is 0.454 e. The normalized spacial score (nSPS) is 24.6. The minimum Gasteiger partial charge on any atom is -0.454 e. The highest BCUT2D eigenvalue weighted by Gasteiger charge is 2.49. The number of aliphatic hydroxyl groups excluding tert-OH is 1. The van der Waals surface area contributed by atoms with Crippen molar-refractivity contribution in [2.45, 2.75) is 37.5 Å². The predicted octanol–water partition coefficient (Wildman–Crippen LogP) is 0.823. The fourth-order valence-electron chi connectivity index (χ4n) is 1.42. The van der Waals surface area contributed by atoms with Gasteiger partial charge in [0.05, 0.1) is 6.10 Å². The minimum absolute atomic E-state index is 0.0417. The second-order valence-electron chi connectivity index (χ2n) is 3.80. The molecule has 0 saturated carbocycles. The molecule has 110 valence electrons. The quantitative estimate of drug-likeness (QED) is 0.472. The summed E-state index contributed by atoms with van der Waals surface area (Å²) in [6.07, 6.45) is -1.58. The monoisotopic (exact) mass is 304 g/mol. The second-order valence-corrected chi connectivity index (χ2v) is 5.33. The van der Waals surface area contributed by atoms with Gasteiger partial charge in [-0.1, -0.05) is 0 Å². The standard InChI is InChI=1S/C9H11F3O6S/c1-5(13)17-7-3-2-6(14)4-8(7)18-19(15,16)9(10,11)12/h4,6-7,14H,2-3H2,1H3/t6-,7-/m1/s1. The third-order valence-electron chi connectivity index (χ3n) is 2.20. The lowest BCUT2D eigenvalue weighted by Gasteiger charge is -2.25. The molecule has 1 aliphatic rings. The van der Waals surface area contributed by atoms with Crippen molar-refractivity contribution in [3.63, 3.8) is 0 Å². The van der Waals surface area contributed by atoms with E-state index >= 15 is 0 Å². The first kappa shape index (κ1) is 15.8. The first-order valence-corrected chi connectivity index (χ1v) is 6.51. The highest BCUT2D eigenvalue weighted by Crippen LogP contribution is 2.31. The molecule has 0 unspecified atom stereocenters. The molecule has 1 rings (SSSR count). The van der Waals surface area contributed by atoms with Gasteiger partial charge in [-0.3, -0.25) is 4.79 Å². The van der Waals surface area contributed by atoms with E-state index in [1.165, 1.54) is 0 Å². The van der Waals surface area contributed by atoms with E-state index in [1.807, 2.05) is 0 Å². The van der Waals surface area contributed by atoms with Crippen molar-refractivity contribution in [1.82, 2.24) is 0 Å². The van der Waals surface area contributed by atoms with Crippen molar-refractivity contribution in [3.05, 3.63) is 11.8 Å². The lowest BCUT2D eigenvalue weighted by Crippen LogP contribution is -2.32. The first-order chi connectivity index (χ1) is 8.53. The van der Waals surface area contributed by atoms with Crippen molar-refractivity contribution in [2.75, 3.05) is 0 Å². The fraction of sp³-hybridized carbons (Fsp3) is 0.667. The van der Waals surface area contributed by atoms with Crippen LogP contribution in [0, 0.1) is 0 Å². The number of hydrogen-bond donors (Lipinski definition) is 1. The Bertz CT molecular complexity index is 481. The number of esters is 1. The van der Waals surface area contributed by atoms with Gasteiger partial charge in [0.15, 0.2) is 11.9 Å². The summed E-state index contributed by atoms with van der Waals surface area (Å²) in [6, 6.07) is 0. The molecule has 0 saturated heterocycles. The molecule has 0 amide bonds. The molecule has 0 aliphatic heterocycles. The van der Waals surface area contributed by atoms with Crippen LogP contribution in [0.2, 0.25) is 0 Å². The maximum Gasteiger partial charge on any atom is 0.534 e. The Morgan fingerprint density at radius 3 is 2.47 bits per heavy atom. The SMILES string of the molecule is CC(=O)O[C@@H]1CC[C@@H](O)C=C1OS(=O)(=O)C(F)(F)F. The van der Waals surface area contributed by atoms with Crippen LogP contribution in [0.25, 0.3) is 0 Å². The number of rotatable bonds is 3. The molecule has 1 aliphatic carbocycles. The van der Waals surface area contributed by atoms with Crippen LogP contribution in [0.15, 0.2) is 11.8 Å². The van der Waals surface area contributed by atoms with Gasteiger partial charge in [0.1, 0.15) is 0 Å². The van der Waals surface area contributed by atoms with E-state index in [2.05, 4.69) is 8.92 Å². The molecule has 10 heteroatoms. The topological polar surface area (TPSA) is 89.9 Å². The molecule has 2 atom stereocenters. The van der Waals surface area contributed by atoms with Gasteiger partial charge in [0.2, 0.25) is 0 Å². The highest BCUT2D eigenvalue weighted by atomic mass is 32.2. The summed E-state index contributed by atoms with van der Waals surface area (Å²) in [6.45, 7) is 1.01. The van der Waals surface area contributed by atoms with Crippen LogP contribution in [0.1, 0.15) is 19.8 Å². The van der Waals surface area contributed by atoms with Gasteiger partial charge in [-0.2, -0.15) is 21.6 Å². The fourth-order valence-corrected chi connectivity index (χ4v) is 1.93. The number of alkyl halides is 3. The molecule has 0 bridgehead atoms. The summed E-state index contributed by atoms with van der Waals surface area (Å²) in [4.78, 5) is 10.8. The number of ether oxygens (including phenoxy) is 1. The molecule has 0 radical (unpaired) electrons. The van der Waals surface area contributed by atoms with Gasteiger partial charge in [-0.05, 0) is 18.9 Å². The highest BCUT2D eigenvalue weighted by molar-refractivity contribution is 7.87. The summed E-state index contributed by atoms with van der Waals surface area (Å²) in [7, 11) is -5.86. The van der Waals surface area contributed by atoms with Gasteiger partial charge in [-0.15, -0.1) is 0 Å². The number of hydrogen-bond acceptors (Lipinski definition) is 6. The van der Waals surface area contributed by atoms with Crippen LogP contribution in [-0.2, 0) is 23.8 Å². The average molecular weight is 304 g/mol. The maximum atomic E-state index is 12.2. The Labute approximate surface area is 106 Å². The van der Waals surface area contributed by atoms with E-state index in [0.29, 0.717) is 0 Å². The Hall–Kier alpha value is -1.29. The van der Waals surface area contributed by atoms with Crippen LogP contribution in [0.5, 0.6) is 0 Å². The molecular formula is C9H11F3O6S. The van der Waals surface area contributed by atoms with Crippen LogP contribution in [0.3, 0.4) is 0 Å². The Balaban J connectivity index is 2.97. The van der Waals surface area contributed by atoms with Crippen molar-refractivity contribution in [3.8, 4) is 0 Å². The van der Waals surface area contributed by atoms with Crippen LogP contribution < -0.4 is 0 Å². The van der Waals surface area contributed by atoms with Gasteiger partial charge < -0.3 is 14.0 Å². The molecular weight excluding hydrogens is 293 g/mol. The lowest BCUT2D eigenvalue weighted by molar-refractivity contribution is -0.146. The molecule has 0 aromatic rings. The third-order valence-corrected chi connectivity index (χ3v) is 3.18. The Morgan fingerprint density at radius 1 is 1.42 bits per heavy atom. The van der Waals surface area contributed by atoms with Gasteiger partial charge >= 0.3 is 21.6 Å². The lowest BCUT2D eigenvalue weighted by atomic mass is 10.0. The number of carbonyl (C=O) groups is 1.